The van der Waals surface area contributed by atoms with E-state index in [2.05, 4.69) is 30.8 Å². The number of ether oxygens (including phenoxy) is 1. The van der Waals surface area contributed by atoms with Gasteiger partial charge in [-0.1, -0.05) is 20.8 Å². The van der Waals surface area contributed by atoms with Gasteiger partial charge in [-0.25, -0.2) is 9.97 Å². The molecule has 1 saturated heterocycles. The number of hydrogen-bond acceptors (Lipinski definition) is 6. The van der Waals surface area contributed by atoms with Crippen LogP contribution < -0.4 is 10.6 Å². The lowest BCUT2D eigenvalue weighted by molar-refractivity contribution is 0.0367. The average Bonchev–Trinajstić information content (AvgIpc) is 2.88. The molecule has 0 saturated carbocycles. The Kier molecular flexibility index (Phi) is 4.25. The molecule has 0 unspecified atom stereocenters. The first-order chi connectivity index (χ1) is 10.9. The highest BCUT2D eigenvalue weighted by atomic mass is 16.5. The molecule has 23 heavy (non-hydrogen) atoms. The van der Waals surface area contributed by atoms with E-state index < -0.39 is 0 Å². The molecule has 2 N–H and O–H groups in total. The van der Waals surface area contributed by atoms with Crippen LogP contribution in [0.15, 0.2) is 6.20 Å². The van der Waals surface area contributed by atoms with Gasteiger partial charge in [0.05, 0.1) is 24.3 Å². The second-order valence-corrected chi connectivity index (χ2v) is 7.14. The number of nitrogens with zero attached hydrogens (tertiary/aromatic N) is 5. The van der Waals surface area contributed by atoms with Gasteiger partial charge in [0.1, 0.15) is 11.6 Å². The largest absolute Gasteiger partial charge is 0.374 e. The van der Waals surface area contributed by atoms with Gasteiger partial charge in [-0.05, 0) is 13.0 Å². The molecule has 0 bridgehead atoms. The zero-order valence-electron chi connectivity index (χ0n) is 14.4. The van der Waals surface area contributed by atoms with Gasteiger partial charge in [0.25, 0.3) is 0 Å². The number of morpholine rings is 1. The molecular formula is C16H26N6O. The molecule has 1 fully saturated rings. The van der Waals surface area contributed by atoms with Gasteiger partial charge < -0.3 is 15.4 Å². The van der Waals surface area contributed by atoms with E-state index in [1.807, 2.05) is 17.9 Å². The predicted octanol–water partition coefficient (Wildman–Crippen LogP) is 1.21. The van der Waals surface area contributed by atoms with Crippen LogP contribution in [-0.4, -0.2) is 52.1 Å². The molecule has 0 radical (unpaired) electrons. The molecule has 3 heterocycles. The molecule has 2 aromatic rings. The minimum absolute atomic E-state index is 0.115. The number of nitrogens with two attached hydrogens (primary N) is 1. The molecule has 1 atom stereocenters. The van der Waals surface area contributed by atoms with Crippen molar-refractivity contribution in [2.24, 2.45) is 12.8 Å². The van der Waals surface area contributed by atoms with E-state index in [4.69, 9.17) is 20.4 Å². The minimum atomic E-state index is -0.115. The Balaban J connectivity index is 2.05. The molecule has 0 amide bonds. The highest BCUT2D eigenvalue weighted by molar-refractivity contribution is 5.87. The highest BCUT2D eigenvalue weighted by Gasteiger charge is 2.27. The highest BCUT2D eigenvalue weighted by Crippen LogP contribution is 2.29. The number of rotatable bonds is 3. The standard InChI is InChI=1S/C16H26N6O/c1-16(2,3)15-19-13-12(9-18-21(13)4)14(20-15)22-7-8-23-11(10-22)5-6-17/h9,11H,5-8,10,17H2,1-4H3/t11-/m1/s1. The molecule has 1 aliphatic heterocycles. The van der Waals surface area contributed by atoms with Gasteiger partial charge in [-0.15, -0.1) is 0 Å². The van der Waals surface area contributed by atoms with Crippen molar-refractivity contribution in [3.63, 3.8) is 0 Å². The van der Waals surface area contributed by atoms with Crippen LogP contribution in [0.2, 0.25) is 0 Å². The number of anilines is 1. The molecule has 0 spiro atoms. The smallest absolute Gasteiger partial charge is 0.163 e. The van der Waals surface area contributed by atoms with Crippen LogP contribution in [-0.2, 0) is 17.2 Å². The quantitative estimate of drug-likeness (QED) is 0.916. The van der Waals surface area contributed by atoms with E-state index in [9.17, 15) is 0 Å². The van der Waals surface area contributed by atoms with E-state index in [1.54, 1.807) is 0 Å². The normalized spacial score (nSPS) is 19.5. The molecule has 0 aliphatic carbocycles. The van der Waals surface area contributed by atoms with E-state index in [0.29, 0.717) is 13.2 Å². The molecule has 7 nitrogen and oxygen atoms in total. The SMILES string of the molecule is Cn1ncc2c(N3CCO[C@H](CCN)C3)nc(C(C)(C)C)nc21. The summed E-state index contributed by atoms with van der Waals surface area (Å²) in [4.78, 5) is 11.9. The fourth-order valence-corrected chi connectivity index (χ4v) is 2.86. The third-order valence-electron chi connectivity index (χ3n) is 4.17. The van der Waals surface area contributed by atoms with Crippen molar-refractivity contribution in [3.05, 3.63) is 12.0 Å². The van der Waals surface area contributed by atoms with Crippen LogP contribution in [0.25, 0.3) is 11.0 Å². The van der Waals surface area contributed by atoms with Gasteiger partial charge in [-0.3, -0.25) is 4.68 Å². The van der Waals surface area contributed by atoms with E-state index in [0.717, 1.165) is 42.2 Å². The van der Waals surface area contributed by atoms with Gasteiger partial charge in [0.15, 0.2) is 5.65 Å². The van der Waals surface area contributed by atoms with Crippen molar-refractivity contribution in [3.8, 4) is 0 Å². The Morgan fingerprint density at radius 3 is 2.83 bits per heavy atom. The lowest BCUT2D eigenvalue weighted by atomic mass is 9.95. The van der Waals surface area contributed by atoms with Crippen LogP contribution in [0.1, 0.15) is 33.0 Å². The first kappa shape index (κ1) is 16.1. The summed E-state index contributed by atoms with van der Waals surface area (Å²) in [5.41, 5.74) is 6.44. The minimum Gasteiger partial charge on any atom is -0.374 e. The first-order valence-corrected chi connectivity index (χ1v) is 8.17. The van der Waals surface area contributed by atoms with Gasteiger partial charge >= 0.3 is 0 Å². The van der Waals surface area contributed by atoms with Crippen LogP contribution >= 0.6 is 0 Å². The number of aromatic nitrogens is 4. The van der Waals surface area contributed by atoms with Crippen molar-refractivity contribution in [1.82, 2.24) is 19.7 Å². The molecule has 126 valence electrons. The maximum atomic E-state index is 5.80. The number of hydrogen-bond donors (Lipinski definition) is 1. The fourth-order valence-electron chi connectivity index (χ4n) is 2.86. The lowest BCUT2D eigenvalue weighted by Crippen LogP contribution is -2.44. The summed E-state index contributed by atoms with van der Waals surface area (Å²) < 4.78 is 7.61. The van der Waals surface area contributed by atoms with Gasteiger partial charge in [0.2, 0.25) is 0 Å². The Morgan fingerprint density at radius 1 is 1.35 bits per heavy atom. The molecule has 2 aromatic heterocycles. The Bertz CT molecular complexity index is 688. The average molecular weight is 318 g/mol. The molecule has 0 aromatic carbocycles. The zero-order valence-corrected chi connectivity index (χ0v) is 14.4. The van der Waals surface area contributed by atoms with Crippen molar-refractivity contribution >= 4 is 16.9 Å². The summed E-state index contributed by atoms with van der Waals surface area (Å²) in [6.07, 6.45) is 2.88. The van der Waals surface area contributed by atoms with Crippen molar-refractivity contribution in [2.75, 3.05) is 31.1 Å². The summed E-state index contributed by atoms with van der Waals surface area (Å²) in [7, 11) is 1.92. The Hall–Kier alpha value is -1.73. The topological polar surface area (TPSA) is 82.1 Å². The number of aryl methyl sites for hydroxylation is 1. The molecular weight excluding hydrogens is 292 g/mol. The Morgan fingerprint density at radius 2 is 2.13 bits per heavy atom. The zero-order chi connectivity index (χ0) is 16.6. The second-order valence-electron chi connectivity index (χ2n) is 7.14. The fraction of sp³-hybridized carbons (Fsp3) is 0.688. The summed E-state index contributed by atoms with van der Waals surface area (Å²) in [6, 6.07) is 0. The maximum Gasteiger partial charge on any atom is 0.163 e. The summed E-state index contributed by atoms with van der Waals surface area (Å²) in [5.74, 6) is 1.80. The summed E-state index contributed by atoms with van der Waals surface area (Å²) in [5, 5.41) is 5.36. The molecule has 1 aliphatic rings. The maximum absolute atomic E-state index is 5.80. The van der Waals surface area contributed by atoms with E-state index in [1.165, 1.54) is 0 Å². The summed E-state index contributed by atoms with van der Waals surface area (Å²) >= 11 is 0. The lowest BCUT2D eigenvalue weighted by Gasteiger charge is -2.34. The van der Waals surface area contributed by atoms with Crippen LogP contribution in [0.5, 0.6) is 0 Å². The monoisotopic (exact) mass is 318 g/mol. The third-order valence-corrected chi connectivity index (χ3v) is 4.17. The van der Waals surface area contributed by atoms with Crippen LogP contribution in [0.3, 0.4) is 0 Å². The van der Waals surface area contributed by atoms with E-state index in [-0.39, 0.29) is 11.5 Å². The van der Waals surface area contributed by atoms with Crippen molar-refractivity contribution in [2.45, 2.75) is 38.7 Å². The first-order valence-electron chi connectivity index (χ1n) is 8.17. The van der Waals surface area contributed by atoms with Crippen molar-refractivity contribution in [1.29, 1.82) is 0 Å². The number of fused-ring (bicyclic) bond motifs is 1. The van der Waals surface area contributed by atoms with Crippen LogP contribution in [0.4, 0.5) is 5.82 Å². The predicted molar refractivity (Wildman–Crippen MR) is 90.6 cm³/mol. The van der Waals surface area contributed by atoms with Crippen LogP contribution in [0, 0.1) is 0 Å². The third kappa shape index (κ3) is 3.16. The molecule has 3 rings (SSSR count). The van der Waals surface area contributed by atoms with Gasteiger partial charge in [0, 0.05) is 25.6 Å². The van der Waals surface area contributed by atoms with E-state index >= 15 is 0 Å². The Labute approximate surface area is 136 Å². The summed E-state index contributed by atoms with van der Waals surface area (Å²) in [6.45, 7) is 9.35. The van der Waals surface area contributed by atoms with Gasteiger partial charge in [-0.2, -0.15) is 5.10 Å². The molecule has 7 heteroatoms. The van der Waals surface area contributed by atoms with Crippen molar-refractivity contribution < 1.29 is 4.74 Å². The second kappa shape index (κ2) is 6.05.